The summed E-state index contributed by atoms with van der Waals surface area (Å²) in [5.41, 5.74) is -1.05. The summed E-state index contributed by atoms with van der Waals surface area (Å²) >= 11 is 0. The summed E-state index contributed by atoms with van der Waals surface area (Å²) in [6, 6.07) is 0. The van der Waals surface area contributed by atoms with Crippen LogP contribution in [-0.2, 0) is 19.1 Å². The van der Waals surface area contributed by atoms with Gasteiger partial charge in [-0.1, -0.05) is 38.8 Å². The molecule has 2 N–H and O–H groups in total. The van der Waals surface area contributed by atoms with Crippen molar-refractivity contribution in [2.75, 3.05) is 6.61 Å². The fourth-order valence-electron chi connectivity index (χ4n) is 8.12. The minimum absolute atomic E-state index is 0.0125. The molecule has 0 unspecified atom stereocenters. The van der Waals surface area contributed by atoms with E-state index >= 15 is 0 Å². The van der Waals surface area contributed by atoms with E-state index in [1.165, 1.54) is 0 Å². The summed E-state index contributed by atoms with van der Waals surface area (Å²) in [7, 11) is 0. The highest BCUT2D eigenvalue weighted by atomic mass is 16.7. The number of ketones is 2. The average Bonchev–Trinajstić information content (AvgIpc) is 3.20. The van der Waals surface area contributed by atoms with E-state index in [0.29, 0.717) is 19.3 Å². The summed E-state index contributed by atoms with van der Waals surface area (Å²) in [5.74, 6) is 0.0274. The first-order chi connectivity index (χ1) is 14.7. The monoisotopic (exact) mass is 430 g/mol. The summed E-state index contributed by atoms with van der Waals surface area (Å²) in [6.07, 6.45) is 8.31. The molecule has 1 saturated heterocycles. The second-order valence-electron chi connectivity index (χ2n) is 10.7. The van der Waals surface area contributed by atoms with Crippen LogP contribution in [0.25, 0.3) is 0 Å². The molecule has 1 heterocycles. The zero-order chi connectivity index (χ0) is 22.2. The van der Waals surface area contributed by atoms with E-state index in [4.69, 9.17) is 9.47 Å². The number of fused-ring (bicyclic) bond motifs is 7. The Bertz CT molecular complexity index is 862. The third kappa shape index (κ3) is 2.65. The molecule has 6 nitrogen and oxygen atoms in total. The molecule has 0 radical (unpaired) electrons. The Morgan fingerprint density at radius 3 is 2.81 bits per heavy atom. The maximum atomic E-state index is 13.2. The van der Waals surface area contributed by atoms with Gasteiger partial charge in [-0.3, -0.25) is 9.59 Å². The van der Waals surface area contributed by atoms with Crippen molar-refractivity contribution in [3.63, 3.8) is 0 Å². The predicted octanol–water partition coefficient (Wildman–Crippen LogP) is 2.72. The van der Waals surface area contributed by atoms with E-state index in [9.17, 15) is 19.8 Å². The number of hydrogen-bond acceptors (Lipinski definition) is 6. The third-order valence-corrected chi connectivity index (χ3v) is 9.37. The van der Waals surface area contributed by atoms with Crippen LogP contribution in [0, 0.1) is 28.6 Å². The van der Waals surface area contributed by atoms with Crippen LogP contribution in [0.1, 0.15) is 59.3 Å². The van der Waals surface area contributed by atoms with Crippen molar-refractivity contribution in [1.82, 2.24) is 0 Å². The second kappa shape index (κ2) is 7.08. The van der Waals surface area contributed by atoms with Crippen molar-refractivity contribution in [1.29, 1.82) is 0 Å². The highest BCUT2D eigenvalue weighted by molar-refractivity contribution is 6.01. The molecule has 9 atom stereocenters. The molecule has 0 amide bonds. The van der Waals surface area contributed by atoms with Gasteiger partial charge in [0, 0.05) is 16.7 Å². The minimum Gasteiger partial charge on any atom is -0.393 e. The van der Waals surface area contributed by atoms with Crippen LogP contribution in [0.2, 0.25) is 0 Å². The number of Topliss-reactive ketones (excluding diaryl/α,β-unsaturated/α-hetero) is 1. The SMILES string of the molecule is CCC[C@@H]1O[C@@H]2C[C@@H]3[C@@H]4CCC5=CC(=O)C=C[C@@]5(C)[C@H]4[C@H](O)C[C@@]3(C)[C@@]2(C(=O)CO)O1. The molecule has 0 spiro atoms. The number of carbonyl (C=O) groups is 2. The molecule has 4 aliphatic carbocycles. The number of allylic oxidation sites excluding steroid dienone is 4. The lowest BCUT2D eigenvalue weighted by molar-refractivity contribution is -0.200. The fourth-order valence-corrected chi connectivity index (χ4v) is 8.12. The van der Waals surface area contributed by atoms with Gasteiger partial charge >= 0.3 is 0 Å². The van der Waals surface area contributed by atoms with Crippen molar-refractivity contribution < 1.29 is 29.3 Å². The first-order valence-electron chi connectivity index (χ1n) is 11.8. The zero-order valence-electron chi connectivity index (χ0n) is 18.7. The van der Waals surface area contributed by atoms with Gasteiger partial charge in [0.2, 0.25) is 0 Å². The largest absolute Gasteiger partial charge is 0.393 e. The Morgan fingerprint density at radius 2 is 2.10 bits per heavy atom. The fraction of sp³-hybridized carbons (Fsp3) is 0.760. The van der Waals surface area contributed by atoms with Gasteiger partial charge in [0.1, 0.15) is 6.61 Å². The third-order valence-electron chi connectivity index (χ3n) is 9.37. The van der Waals surface area contributed by atoms with E-state index in [2.05, 4.69) is 20.8 Å². The Hall–Kier alpha value is -1.34. The van der Waals surface area contributed by atoms with Crippen LogP contribution < -0.4 is 0 Å². The van der Waals surface area contributed by atoms with Crippen molar-refractivity contribution in [2.45, 2.75) is 83.4 Å². The van der Waals surface area contributed by atoms with Crippen molar-refractivity contribution in [2.24, 2.45) is 28.6 Å². The van der Waals surface area contributed by atoms with Crippen LogP contribution >= 0.6 is 0 Å². The highest BCUT2D eigenvalue weighted by Crippen LogP contribution is 2.69. The number of rotatable bonds is 4. The van der Waals surface area contributed by atoms with E-state index < -0.39 is 36.1 Å². The van der Waals surface area contributed by atoms with E-state index in [0.717, 1.165) is 24.8 Å². The number of aliphatic hydroxyl groups excluding tert-OH is 2. The number of hydrogen-bond donors (Lipinski definition) is 2. The van der Waals surface area contributed by atoms with Gasteiger partial charge in [0.15, 0.2) is 23.5 Å². The Labute approximate surface area is 183 Å². The topological polar surface area (TPSA) is 93.1 Å². The summed E-state index contributed by atoms with van der Waals surface area (Å²) in [6.45, 7) is 5.67. The quantitative estimate of drug-likeness (QED) is 0.712. The van der Waals surface area contributed by atoms with E-state index in [-0.39, 0.29) is 34.7 Å². The van der Waals surface area contributed by atoms with E-state index in [1.54, 1.807) is 12.2 Å². The minimum atomic E-state index is -1.20. The Morgan fingerprint density at radius 1 is 1.32 bits per heavy atom. The molecule has 5 rings (SSSR count). The second-order valence-corrected chi connectivity index (χ2v) is 10.7. The molecule has 3 saturated carbocycles. The summed E-state index contributed by atoms with van der Waals surface area (Å²) in [4.78, 5) is 25.2. The number of carbonyl (C=O) groups excluding carboxylic acids is 2. The molecule has 0 aromatic carbocycles. The number of aliphatic hydroxyl groups is 2. The molecule has 4 fully saturated rings. The molecule has 6 heteroatoms. The molecule has 1 aliphatic heterocycles. The molecule has 0 aromatic rings. The molecule has 0 aromatic heterocycles. The Balaban J connectivity index is 1.55. The van der Waals surface area contributed by atoms with Gasteiger partial charge < -0.3 is 19.7 Å². The molecular weight excluding hydrogens is 396 g/mol. The van der Waals surface area contributed by atoms with Gasteiger partial charge in [-0.05, 0) is 56.1 Å². The first-order valence-corrected chi connectivity index (χ1v) is 11.8. The smallest absolute Gasteiger partial charge is 0.193 e. The first kappa shape index (κ1) is 21.5. The predicted molar refractivity (Wildman–Crippen MR) is 113 cm³/mol. The van der Waals surface area contributed by atoms with Gasteiger partial charge in [-0.25, -0.2) is 0 Å². The van der Waals surface area contributed by atoms with E-state index in [1.807, 2.05) is 6.08 Å². The lowest BCUT2D eigenvalue weighted by Crippen LogP contribution is -2.63. The summed E-state index contributed by atoms with van der Waals surface area (Å²) in [5, 5.41) is 21.4. The van der Waals surface area contributed by atoms with Gasteiger partial charge in [0.05, 0.1) is 12.2 Å². The zero-order valence-corrected chi connectivity index (χ0v) is 18.7. The van der Waals surface area contributed by atoms with Crippen molar-refractivity contribution >= 4 is 11.6 Å². The average molecular weight is 431 g/mol. The van der Waals surface area contributed by atoms with Gasteiger partial charge in [0.25, 0.3) is 0 Å². The molecule has 0 bridgehead atoms. The van der Waals surface area contributed by atoms with Crippen LogP contribution in [0.5, 0.6) is 0 Å². The van der Waals surface area contributed by atoms with Crippen LogP contribution in [0.4, 0.5) is 0 Å². The molecule has 170 valence electrons. The lowest BCUT2D eigenvalue weighted by Gasteiger charge is -2.59. The van der Waals surface area contributed by atoms with Gasteiger partial charge in [-0.15, -0.1) is 0 Å². The van der Waals surface area contributed by atoms with Crippen LogP contribution in [-0.4, -0.2) is 52.5 Å². The molecule has 5 aliphatic rings. The lowest BCUT2D eigenvalue weighted by atomic mass is 9.46. The van der Waals surface area contributed by atoms with Gasteiger partial charge in [-0.2, -0.15) is 0 Å². The summed E-state index contributed by atoms with van der Waals surface area (Å²) < 4.78 is 12.7. The Kier molecular flexibility index (Phi) is 4.91. The standard InChI is InChI=1S/C25H34O6/c1-4-5-21-30-20-11-17-16-7-6-14-10-15(27)8-9-23(14,2)22(16)18(28)12-24(17,3)25(20,31-21)19(29)13-26/h8-10,16-18,20-22,26,28H,4-7,11-13H2,1-3H3/t16-,17+,18+,20+,21+,22+,23+,24+,25-/m0/s1. The van der Waals surface area contributed by atoms with Crippen LogP contribution in [0.3, 0.4) is 0 Å². The maximum Gasteiger partial charge on any atom is 0.193 e. The highest BCUT2D eigenvalue weighted by Gasteiger charge is 2.75. The molecule has 31 heavy (non-hydrogen) atoms. The molecular formula is C25H34O6. The normalized spacial score (nSPS) is 50.4. The van der Waals surface area contributed by atoms with Crippen molar-refractivity contribution in [3.8, 4) is 0 Å². The maximum absolute atomic E-state index is 13.2. The van der Waals surface area contributed by atoms with Crippen LogP contribution in [0.15, 0.2) is 23.8 Å². The van der Waals surface area contributed by atoms with Crippen molar-refractivity contribution in [3.05, 3.63) is 23.8 Å². The number of ether oxygens (including phenoxy) is 2.